The molecule has 2 heteroatoms. The third-order valence-electron chi connectivity index (χ3n) is 3.20. The van der Waals surface area contributed by atoms with E-state index in [0.29, 0.717) is 4.59 Å². The molecular formula is C14H10LiN. The molecule has 16 heavy (non-hydrogen) atoms. The van der Waals surface area contributed by atoms with E-state index in [0.717, 1.165) is 5.69 Å². The predicted octanol–water partition coefficient (Wildman–Crippen LogP) is 2.85. The zero-order valence-corrected chi connectivity index (χ0v) is 9.22. The summed E-state index contributed by atoms with van der Waals surface area (Å²) in [4.78, 5) is 4.43. The average molecular weight is 199 g/mol. The van der Waals surface area contributed by atoms with Gasteiger partial charge in [0.25, 0.3) is 0 Å². The quantitative estimate of drug-likeness (QED) is 0.643. The molecule has 1 atom stereocenters. The van der Waals surface area contributed by atoms with Crippen molar-refractivity contribution >= 4 is 29.4 Å². The first kappa shape index (κ1) is 9.90. The minimum atomic E-state index is 0.450. The molecule has 0 bridgehead atoms. The molecule has 0 saturated heterocycles. The van der Waals surface area contributed by atoms with Crippen LogP contribution < -0.4 is 0 Å². The van der Waals surface area contributed by atoms with Crippen molar-refractivity contribution in [3.63, 3.8) is 0 Å². The Morgan fingerprint density at radius 2 is 1.81 bits per heavy atom. The van der Waals surface area contributed by atoms with E-state index in [1.807, 2.05) is 18.3 Å². The van der Waals surface area contributed by atoms with E-state index in [1.165, 1.54) is 16.7 Å². The maximum absolute atomic E-state index is 4.43. The van der Waals surface area contributed by atoms with E-state index in [4.69, 9.17) is 0 Å². The van der Waals surface area contributed by atoms with E-state index < -0.39 is 0 Å². The topological polar surface area (TPSA) is 12.9 Å². The number of pyridine rings is 1. The zero-order chi connectivity index (χ0) is 11.0. The van der Waals surface area contributed by atoms with Crippen molar-refractivity contribution in [1.82, 2.24) is 4.98 Å². The van der Waals surface area contributed by atoms with Gasteiger partial charge in [0.2, 0.25) is 0 Å². The first-order chi connectivity index (χ1) is 7.86. The average Bonchev–Trinajstić information content (AvgIpc) is 2.69. The molecule has 1 heterocycles. The number of hydrogen-bond acceptors (Lipinski definition) is 1. The fraction of sp³-hybridized carbons (Fsp3) is 0.0714. The van der Waals surface area contributed by atoms with Gasteiger partial charge in [-0.25, -0.2) is 0 Å². The SMILES string of the molecule is [Li][CH]1C(c2ccccn2)=Cc2ccccc21. The number of fused-ring (bicyclic) bond motifs is 1. The van der Waals surface area contributed by atoms with Gasteiger partial charge in [-0.2, -0.15) is 0 Å². The summed E-state index contributed by atoms with van der Waals surface area (Å²) in [5.74, 6) is 0. The van der Waals surface area contributed by atoms with Gasteiger partial charge in [-0.15, -0.1) is 0 Å². The summed E-state index contributed by atoms with van der Waals surface area (Å²) in [5, 5.41) is 0. The second kappa shape index (κ2) is 3.94. The summed E-state index contributed by atoms with van der Waals surface area (Å²) < 4.78 is 0.450. The van der Waals surface area contributed by atoms with E-state index in [9.17, 15) is 0 Å². The number of aromatic nitrogens is 1. The molecule has 72 valence electrons. The molecule has 0 spiro atoms. The Balaban J connectivity index is 2.09. The first-order valence-electron chi connectivity index (χ1n) is 5.58. The van der Waals surface area contributed by atoms with Crippen molar-refractivity contribution in [3.05, 3.63) is 65.5 Å². The molecule has 0 aliphatic heterocycles. The minimum absolute atomic E-state index is 0.450. The number of benzene rings is 1. The van der Waals surface area contributed by atoms with Gasteiger partial charge in [0.15, 0.2) is 0 Å². The molecule has 1 nitrogen and oxygen atoms in total. The Bertz CT molecular complexity index is 546. The van der Waals surface area contributed by atoms with Gasteiger partial charge in [-0.3, -0.25) is 0 Å². The molecular weight excluding hydrogens is 189 g/mol. The van der Waals surface area contributed by atoms with Crippen molar-refractivity contribution in [1.29, 1.82) is 0 Å². The van der Waals surface area contributed by atoms with Crippen molar-refractivity contribution in [3.8, 4) is 0 Å². The Morgan fingerprint density at radius 1 is 1.00 bits per heavy atom. The van der Waals surface area contributed by atoms with Gasteiger partial charge >= 0.3 is 104 Å². The van der Waals surface area contributed by atoms with Crippen molar-refractivity contribution in [2.75, 3.05) is 0 Å². The number of nitrogens with zero attached hydrogens (tertiary/aromatic N) is 1. The summed E-state index contributed by atoms with van der Waals surface area (Å²) >= 11 is 2.24. The molecule has 0 amide bonds. The van der Waals surface area contributed by atoms with E-state index in [1.54, 1.807) is 0 Å². The molecule has 1 aromatic heterocycles. The van der Waals surface area contributed by atoms with Crippen molar-refractivity contribution in [2.45, 2.75) is 4.59 Å². The molecule has 1 aromatic carbocycles. The summed E-state index contributed by atoms with van der Waals surface area (Å²) in [5.41, 5.74) is 5.15. The molecule has 1 aliphatic rings. The fourth-order valence-corrected chi connectivity index (χ4v) is 2.33. The number of rotatable bonds is 1. The van der Waals surface area contributed by atoms with E-state index in [2.05, 4.69) is 59.1 Å². The van der Waals surface area contributed by atoms with Crippen LogP contribution in [0.5, 0.6) is 0 Å². The van der Waals surface area contributed by atoms with Gasteiger partial charge in [0.05, 0.1) is 0 Å². The second-order valence-corrected chi connectivity index (χ2v) is 4.17. The fourth-order valence-electron chi connectivity index (χ4n) is 2.33. The third-order valence-corrected chi connectivity index (χ3v) is 3.20. The van der Waals surface area contributed by atoms with Gasteiger partial charge in [-0.05, 0) is 0 Å². The first-order valence-corrected chi connectivity index (χ1v) is 5.58. The Hall–Kier alpha value is -1.29. The molecule has 1 unspecified atom stereocenters. The van der Waals surface area contributed by atoms with Gasteiger partial charge < -0.3 is 0 Å². The van der Waals surface area contributed by atoms with Gasteiger partial charge in [0.1, 0.15) is 0 Å². The zero-order valence-electron chi connectivity index (χ0n) is 9.22. The predicted molar refractivity (Wildman–Crippen MR) is 67.0 cm³/mol. The monoisotopic (exact) mass is 199 g/mol. The van der Waals surface area contributed by atoms with Crippen LogP contribution in [0.4, 0.5) is 0 Å². The van der Waals surface area contributed by atoms with Crippen LogP contribution in [0.15, 0.2) is 48.7 Å². The van der Waals surface area contributed by atoms with Crippen LogP contribution in [-0.2, 0) is 0 Å². The number of allylic oxidation sites excluding steroid dienone is 1. The molecule has 0 radical (unpaired) electrons. The maximum atomic E-state index is 4.43. The standard InChI is InChI=1S/C14H10N.Li/c1-2-6-12-10-13(9-11(12)5-1)14-7-3-4-8-15-14;/h1-10H;. The van der Waals surface area contributed by atoms with Crippen LogP contribution in [0.25, 0.3) is 11.6 Å². The summed E-state index contributed by atoms with van der Waals surface area (Å²) in [7, 11) is 0. The summed E-state index contributed by atoms with van der Waals surface area (Å²) in [6, 6.07) is 14.6. The molecule has 3 rings (SSSR count). The normalized spacial score (nSPS) is 18.1. The number of hydrogen-bond donors (Lipinski definition) is 0. The summed E-state index contributed by atoms with van der Waals surface area (Å²) in [6.07, 6.45) is 4.11. The van der Waals surface area contributed by atoms with E-state index in [-0.39, 0.29) is 0 Å². The molecule has 0 saturated carbocycles. The van der Waals surface area contributed by atoms with Crippen molar-refractivity contribution in [2.24, 2.45) is 0 Å². The van der Waals surface area contributed by atoms with Crippen LogP contribution in [0.2, 0.25) is 0 Å². The molecule has 0 N–H and O–H groups in total. The molecule has 0 fully saturated rings. The van der Waals surface area contributed by atoms with Crippen molar-refractivity contribution < 1.29 is 0 Å². The van der Waals surface area contributed by atoms with Gasteiger partial charge in [-0.1, -0.05) is 0 Å². The Morgan fingerprint density at radius 3 is 2.56 bits per heavy atom. The van der Waals surface area contributed by atoms with Crippen LogP contribution in [0, 0.1) is 0 Å². The second-order valence-electron chi connectivity index (χ2n) is 4.17. The Kier molecular flexibility index (Phi) is 2.44. The third kappa shape index (κ3) is 1.53. The molecule has 2 aromatic rings. The Labute approximate surface area is 104 Å². The van der Waals surface area contributed by atoms with Crippen LogP contribution in [0.1, 0.15) is 21.4 Å². The van der Waals surface area contributed by atoms with E-state index >= 15 is 0 Å². The van der Waals surface area contributed by atoms with Gasteiger partial charge in [0, 0.05) is 0 Å². The molecule has 1 aliphatic carbocycles. The van der Waals surface area contributed by atoms with Crippen LogP contribution in [-0.4, -0.2) is 22.7 Å². The summed E-state index contributed by atoms with van der Waals surface area (Å²) in [6.45, 7) is 0. The van der Waals surface area contributed by atoms with Crippen LogP contribution >= 0.6 is 0 Å². The van der Waals surface area contributed by atoms with Crippen LogP contribution in [0.3, 0.4) is 0 Å².